The van der Waals surface area contributed by atoms with Crippen LogP contribution in [0.5, 0.6) is 0 Å². The summed E-state index contributed by atoms with van der Waals surface area (Å²) in [6.45, 7) is 3.36. The molecule has 0 atom stereocenters. The first-order chi connectivity index (χ1) is 9.88. The average Bonchev–Trinajstić information content (AvgIpc) is 2.98. The Balaban J connectivity index is 1.91. The highest BCUT2D eigenvalue weighted by Crippen LogP contribution is 2.22. The summed E-state index contributed by atoms with van der Waals surface area (Å²) < 4.78 is 26.4. The second kappa shape index (κ2) is 6.67. The minimum absolute atomic E-state index is 0.117. The van der Waals surface area contributed by atoms with Gasteiger partial charge in [-0.3, -0.25) is 4.79 Å². The molecule has 2 aromatic heterocycles. The van der Waals surface area contributed by atoms with Crippen LogP contribution in [0.25, 0.3) is 0 Å². The minimum Gasteiger partial charge on any atom is -0.274 e. The number of thiazole rings is 1. The molecular formula is C13H16N2O3S3. The first-order valence-electron chi connectivity index (χ1n) is 6.40. The van der Waals surface area contributed by atoms with Crippen molar-refractivity contribution in [3.63, 3.8) is 0 Å². The molecule has 1 amide bonds. The van der Waals surface area contributed by atoms with E-state index in [1.54, 1.807) is 25.2 Å². The molecule has 5 nitrogen and oxygen atoms in total. The van der Waals surface area contributed by atoms with E-state index in [2.05, 4.69) is 9.71 Å². The maximum absolute atomic E-state index is 12.1. The summed E-state index contributed by atoms with van der Waals surface area (Å²) in [6, 6.07) is 3.96. The summed E-state index contributed by atoms with van der Waals surface area (Å²) in [7, 11) is -3.79. The number of sulfonamides is 1. The van der Waals surface area contributed by atoms with Gasteiger partial charge in [0, 0.05) is 11.3 Å². The lowest BCUT2D eigenvalue weighted by atomic mass is 10.2. The summed E-state index contributed by atoms with van der Waals surface area (Å²) in [5.41, 5.74) is 0.427. The molecule has 21 heavy (non-hydrogen) atoms. The predicted octanol–water partition coefficient (Wildman–Crippen LogP) is 2.65. The molecule has 0 saturated carbocycles. The zero-order chi connectivity index (χ0) is 15.5. The van der Waals surface area contributed by atoms with Crippen molar-refractivity contribution in [3.05, 3.63) is 33.1 Å². The number of hydrogen-bond donors (Lipinski definition) is 1. The Morgan fingerprint density at radius 2 is 2.14 bits per heavy atom. The number of hydrogen-bond acceptors (Lipinski definition) is 6. The number of aryl methyl sites for hydroxylation is 3. The van der Waals surface area contributed by atoms with Crippen LogP contribution in [0.4, 0.5) is 0 Å². The maximum Gasteiger partial charge on any atom is 0.275 e. The molecule has 0 bridgehead atoms. The summed E-state index contributed by atoms with van der Waals surface area (Å²) in [5, 5.41) is 2.65. The molecule has 2 aromatic rings. The number of nitrogens with zero attached hydrogens (tertiary/aromatic N) is 1. The smallest absolute Gasteiger partial charge is 0.274 e. The number of thiophene rings is 1. The summed E-state index contributed by atoms with van der Waals surface area (Å²) in [4.78, 5) is 17.0. The predicted molar refractivity (Wildman–Crippen MR) is 84.2 cm³/mol. The summed E-state index contributed by atoms with van der Waals surface area (Å²) in [6.07, 6.45) is 1.60. The molecule has 0 fully saturated rings. The number of amides is 1. The average molecular weight is 344 g/mol. The Morgan fingerprint density at radius 1 is 1.38 bits per heavy atom. The van der Waals surface area contributed by atoms with Crippen molar-refractivity contribution in [2.75, 3.05) is 0 Å². The fraction of sp³-hybridized carbons (Fsp3) is 0.385. The number of aromatic nitrogens is 1. The van der Waals surface area contributed by atoms with Crippen molar-refractivity contribution in [2.45, 2.75) is 37.3 Å². The van der Waals surface area contributed by atoms with Gasteiger partial charge < -0.3 is 0 Å². The third-order valence-corrected chi connectivity index (χ3v) is 6.75. The molecule has 114 valence electrons. The topological polar surface area (TPSA) is 76.1 Å². The van der Waals surface area contributed by atoms with Gasteiger partial charge in [-0.05, 0) is 38.1 Å². The Labute approximate surface area is 132 Å². The molecular weight excluding hydrogens is 328 g/mol. The number of carbonyl (C=O) groups is 1. The highest BCUT2D eigenvalue weighted by molar-refractivity contribution is 7.92. The van der Waals surface area contributed by atoms with Crippen LogP contribution in [0, 0.1) is 13.8 Å². The molecule has 0 aliphatic rings. The SMILES string of the molecule is Cc1nc(C)c(S(=O)(=O)NC(=O)CCCc2cccs2)s1. The molecule has 2 heterocycles. The first-order valence-corrected chi connectivity index (χ1v) is 9.58. The van der Waals surface area contributed by atoms with Gasteiger partial charge in [-0.15, -0.1) is 22.7 Å². The Morgan fingerprint density at radius 3 is 2.71 bits per heavy atom. The van der Waals surface area contributed by atoms with Crippen molar-refractivity contribution in [2.24, 2.45) is 0 Å². The molecule has 1 N–H and O–H groups in total. The lowest BCUT2D eigenvalue weighted by molar-refractivity contribution is -0.119. The third kappa shape index (κ3) is 4.36. The molecule has 0 aliphatic carbocycles. The van der Waals surface area contributed by atoms with Crippen molar-refractivity contribution in [1.29, 1.82) is 0 Å². The maximum atomic E-state index is 12.1. The van der Waals surface area contributed by atoms with Crippen molar-refractivity contribution in [1.82, 2.24) is 9.71 Å². The molecule has 0 radical (unpaired) electrons. The quantitative estimate of drug-likeness (QED) is 0.874. The van der Waals surface area contributed by atoms with E-state index in [-0.39, 0.29) is 10.6 Å². The van der Waals surface area contributed by atoms with E-state index in [0.29, 0.717) is 17.1 Å². The lowest BCUT2D eigenvalue weighted by Gasteiger charge is -2.05. The Hall–Kier alpha value is -1.25. The molecule has 0 aromatic carbocycles. The molecule has 8 heteroatoms. The zero-order valence-corrected chi connectivity index (χ0v) is 14.2. The standard InChI is InChI=1S/C13H16N2O3S3/c1-9-13(20-10(2)14-9)21(17,18)15-12(16)7-3-5-11-6-4-8-19-11/h4,6,8H,3,5,7H2,1-2H3,(H,15,16). The van der Waals surface area contributed by atoms with E-state index >= 15 is 0 Å². The van der Waals surface area contributed by atoms with Crippen LogP contribution in [0.15, 0.2) is 21.7 Å². The van der Waals surface area contributed by atoms with Crippen molar-refractivity contribution in [3.8, 4) is 0 Å². The van der Waals surface area contributed by atoms with Gasteiger partial charge in [0.2, 0.25) is 5.91 Å². The van der Waals surface area contributed by atoms with Gasteiger partial charge >= 0.3 is 0 Å². The van der Waals surface area contributed by atoms with Gasteiger partial charge in [-0.1, -0.05) is 6.07 Å². The fourth-order valence-corrected chi connectivity index (χ4v) is 5.14. The molecule has 0 unspecified atom stereocenters. The van der Waals surface area contributed by atoms with Gasteiger partial charge in [0.1, 0.15) is 0 Å². The lowest BCUT2D eigenvalue weighted by Crippen LogP contribution is -2.30. The molecule has 0 aliphatic heterocycles. The van der Waals surface area contributed by atoms with E-state index in [9.17, 15) is 13.2 Å². The minimum atomic E-state index is -3.79. The van der Waals surface area contributed by atoms with Crippen molar-refractivity contribution < 1.29 is 13.2 Å². The van der Waals surface area contributed by atoms with Crippen LogP contribution in [0.3, 0.4) is 0 Å². The molecule has 0 saturated heterocycles. The van der Waals surface area contributed by atoms with Gasteiger partial charge in [-0.2, -0.15) is 0 Å². The monoisotopic (exact) mass is 344 g/mol. The molecule has 2 rings (SSSR count). The third-order valence-electron chi connectivity index (χ3n) is 2.76. The Kier molecular flexibility index (Phi) is 5.13. The normalized spacial score (nSPS) is 11.5. The van der Waals surface area contributed by atoms with E-state index < -0.39 is 15.9 Å². The highest BCUT2D eigenvalue weighted by atomic mass is 32.2. The zero-order valence-electron chi connectivity index (χ0n) is 11.8. The fourth-order valence-electron chi connectivity index (χ4n) is 1.89. The van der Waals surface area contributed by atoms with Gasteiger partial charge in [-0.25, -0.2) is 18.1 Å². The van der Waals surface area contributed by atoms with Crippen molar-refractivity contribution >= 4 is 38.6 Å². The van der Waals surface area contributed by atoms with Crippen LogP contribution in [-0.4, -0.2) is 19.3 Å². The van der Waals surface area contributed by atoms with Crippen LogP contribution >= 0.6 is 22.7 Å². The van der Waals surface area contributed by atoms with Gasteiger partial charge in [0.05, 0.1) is 10.7 Å². The number of carbonyl (C=O) groups excluding carboxylic acids is 1. The Bertz CT molecular complexity index is 718. The van der Waals surface area contributed by atoms with E-state index in [1.165, 1.54) is 4.88 Å². The van der Waals surface area contributed by atoms with Crippen LogP contribution in [-0.2, 0) is 21.2 Å². The summed E-state index contributed by atoms with van der Waals surface area (Å²) >= 11 is 2.71. The van der Waals surface area contributed by atoms with Gasteiger partial charge in [0.25, 0.3) is 10.0 Å². The van der Waals surface area contributed by atoms with E-state index in [4.69, 9.17) is 0 Å². The van der Waals surface area contributed by atoms with Crippen LogP contribution < -0.4 is 4.72 Å². The second-order valence-electron chi connectivity index (χ2n) is 4.57. The van der Waals surface area contributed by atoms with E-state index in [0.717, 1.165) is 17.8 Å². The molecule has 0 spiro atoms. The number of nitrogens with one attached hydrogen (secondary N) is 1. The second-order valence-corrected chi connectivity index (χ2v) is 8.68. The van der Waals surface area contributed by atoms with E-state index in [1.807, 2.05) is 17.5 Å². The number of rotatable bonds is 6. The summed E-state index contributed by atoms with van der Waals surface area (Å²) in [5.74, 6) is -0.475. The van der Waals surface area contributed by atoms with Crippen LogP contribution in [0.2, 0.25) is 0 Å². The van der Waals surface area contributed by atoms with Gasteiger partial charge in [0.15, 0.2) is 4.21 Å². The van der Waals surface area contributed by atoms with Crippen LogP contribution in [0.1, 0.15) is 28.4 Å². The largest absolute Gasteiger partial charge is 0.275 e. The first kappa shape index (κ1) is 16.1. The highest BCUT2D eigenvalue weighted by Gasteiger charge is 2.22.